The molecule has 0 bridgehead atoms. The molecule has 2 atom stereocenters. The number of esters is 2. The average Bonchev–Trinajstić information content (AvgIpc) is 3.37. The van der Waals surface area contributed by atoms with Crippen LogP contribution in [0.15, 0.2) is 97.2 Å². The van der Waals surface area contributed by atoms with Crippen molar-refractivity contribution in [2.45, 2.75) is 251 Å². The Balaban J connectivity index is 4.03. The second-order valence-electron chi connectivity index (χ2n) is 20.9. The molecule has 0 aromatic heterocycles. The molecule has 0 aromatic rings. The minimum absolute atomic E-state index is 0.146. The van der Waals surface area contributed by atoms with E-state index in [1.807, 2.05) is 21.1 Å². The fourth-order valence-electron chi connectivity index (χ4n) is 8.02. The summed E-state index contributed by atoms with van der Waals surface area (Å²) in [6.45, 7) is 4.61. The van der Waals surface area contributed by atoms with Crippen molar-refractivity contribution in [2.75, 3.05) is 47.5 Å². The van der Waals surface area contributed by atoms with E-state index in [1.54, 1.807) is 0 Å². The van der Waals surface area contributed by atoms with Gasteiger partial charge in [0.15, 0.2) is 12.4 Å². The number of aliphatic carboxylic acids is 1. The number of rotatable bonds is 54. The number of allylic oxidation sites excluding steroid dienone is 16. The van der Waals surface area contributed by atoms with E-state index in [1.165, 1.54) is 116 Å². The first-order chi connectivity index (χ1) is 36.1. The maximum absolute atomic E-state index is 12.8. The van der Waals surface area contributed by atoms with Gasteiger partial charge in [0.1, 0.15) is 13.2 Å². The smallest absolute Gasteiger partial charge is 0.306 e. The fraction of sp³-hybridized carbons (Fsp3) is 0.708. The van der Waals surface area contributed by atoms with Crippen LogP contribution in [-0.4, -0.2) is 82.3 Å². The standard InChI is InChI=1S/C65H111NO8/c1-6-8-10-12-14-16-18-19-20-21-22-23-24-25-26-27-28-29-30-31-32-33-34-35-36-37-38-39-40-41-42-43-44-45-46-48-50-52-54-56-63(68)74-61(60-73-65(64(69)70)71-58-57-66(3,4)5)59-72-62(67)55-53-51-49-47-17-15-13-11-9-7-2/h8,10,14,16,19-20,22-23,25-26,28-29,31-32,34-35,61,65H,6-7,9,11-13,15,17-18,21,24,27,30,33,36-60H2,1-5H3/b10-8-,16-14-,20-19-,23-22-,26-25-,29-28-,32-31-,35-34-. The maximum Gasteiger partial charge on any atom is 0.306 e. The summed E-state index contributed by atoms with van der Waals surface area (Å²) < 4.78 is 22.6. The molecule has 0 N–H and O–H groups in total. The predicted octanol–water partition coefficient (Wildman–Crippen LogP) is 16.4. The van der Waals surface area contributed by atoms with Crippen molar-refractivity contribution in [1.29, 1.82) is 0 Å². The SMILES string of the molecule is CC/C=C\C/C=C\C/C=C\C/C=C\C/C=C\C/C=C\C/C=C\C/C=C\CCCCCCCCCCCCCCCCC(=O)OC(COC(=O)CCCCCCCCCCCC)COC(OCC[N+](C)(C)C)C(=O)[O-]. The average molecular weight is 1030 g/mol. The highest BCUT2D eigenvalue weighted by Gasteiger charge is 2.22. The van der Waals surface area contributed by atoms with Crippen LogP contribution in [0.4, 0.5) is 0 Å². The Morgan fingerprint density at radius 3 is 1.15 bits per heavy atom. The number of likely N-dealkylation sites (N-methyl/N-ethyl adjacent to an activating group) is 1. The van der Waals surface area contributed by atoms with Crippen molar-refractivity contribution in [2.24, 2.45) is 0 Å². The number of carbonyl (C=O) groups excluding carboxylic acids is 3. The van der Waals surface area contributed by atoms with E-state index in [0.29, 0.717) is 23.9 Å². The molecule has 74 heavy (non-hydrogen) atoms. The number of hydrogen-bond donors (Lipinski definition) is 0. The lowest BCUT2D eigenvalue weighted by Crippen LogP contribution is -2.44. The van der Waals surface area contributed by atoms with Crippen LogP contribution in [0, 0.1) is 0 Å². The molecule has 2 unspecified atom stereocenters. The number of carboxylic acid groups (broad SMARTS) is 1. The Kier molecular flexibility index (Phi) is 52.6. The Morgan fingerprint density at radius 1 is 0.419 bits per heavy atom. The normalized spacial score (nSPS) is 13.5. The van der Waals surface area contributed by atoms with Crippen LogP contribution in [0.1, 0.15) is 239 Å². The molecule has 9 heteroatoms. The van der Waals surface area contributed by atoms with Crippen molar-refractivity contribution in [3.8, 4) is 0 Å². The van der Waals surface area contributed by atoms with Gasteiger partial charge in [-0.25, -0.2) is 0 Å². The van der Waals surface area contributed by atoms with Crippen molar-refractivity contribution < 1.29 is 42.9 Å². The number of ether oxygens (including phenoxy) is 4. The molecular formula is C65H111NO8. The maximum atomic E-state index is 12.8. The molecule has 0 rings (SSSR count). The van der Waals surface area contributed by atoms with Gasteiger partial charge in [-0.1, -0.05) is 246 Å². The third-order valence-corrected chi connectivity index (χ3v) is 12.6. The van der Waals surface area contributed by atoms with E-state index < -0.39 is 24.3 Å². The lowest BCUT2D eigenvalue weighted by Gasteiger charge is -2.26. The summed E-state index contributed by atoms with van der Waals surface area (Å²) in [6, 6.07) is 0. The number of hydrogen-bond acceptors (Lipinski definition) is 8. The summed E-state index contributed by atoms with van der Waals surface area (Å²) in [7, 11) is 5.91. The van der Waals surface area contributed by atoms with Crippen LogP contribution in [0.2, 0.25) is 0 Å². The zero-order valence-electron chi connectivity index (χ0n) is 48.2. The highest BCUT2D eigenvalue weighted by atomic mass is 16.7. The summed E-state index contributed by atoms with van der Waals surface area (Å²) in [4.78, 5) is 37.1. The third-order valence-electron chi connectivity index (χ3n) is 12.6. The van der Waals surface area contributed by atoms with Crippen molar-refractivity contribution in [3.05, 3.63) is 97.2 Å². The largest absolute Gasteiger partial charge is 0.545 e. The number of carboxylic acids is 1. The Labute approximate surface area is 454 Å². The highest BCUT2D eigenvalue weighted by Crippen LogP contribution is 2.16. The van der Waals surface area contributed by atoms with E-state index in [9.17, 15) is 19.5 Å². The molecule has 0 aromatic carbocycles. The third kappa shape index (κ3) is 55.9. The molecule has 0 amide bonds. The summed E-state index contributed by atoms with van der Waals surface area (Å²) >= 11 is 0. The van der Waals surface area contributed by atoms with Crippen molar-refractivity contribution in [3.63, 3.8) is 0 Å². The summed E-state index contributed by atoms with van der Waals surface area (Å²) in [5, 5.41) is 11.7. The lowest BCUT2D eigenvalue weighted by atomic mass is 10.0. The number of nitrogens with zero attached hydrogens (tertiary/aromatic N) is 1. The molecule has 0 aliphatic rings. The number of unbranched alkanes of at least 4 members (excludes halogenated alkanes) is 23. The van der Waals surface area contributed by atoms with E-state index in [-0.39, 0.29) is 32.2 Å². The van der Waals surface area contributed by atoms with Crippen LogP contribution >= 0.6 is 0 Å². The second kappa shape index (κ2) is 55.4. The molecule has 0 radical (unpaired) electrons. The number of quaternary nitrogens is 1. The van der Waals surface area contributed by atoms with E-state index in [2.05, 4.69) is 111 Å². The topological polar surface area (TPSA) is 111 Å². The minimum atomic E-state index is -1.62. The van der Waals surface area contributed by atoms with E-state index >= 15 is 0 Å². The molecule has 0 fully saturated rings. The highest BCUT2D eigenvalue weighted by molar-refractivity contribution is 5.70. The molecular weight excluding hydrogens is 923 g/mol. The van der Waals surface area contributed by atoms with Crippen LogP contribution in [0.25, 0.3) is 0 Å². The summed E-state index contributed by atoms with van der Waals surface area (Å²) in [5.74, 6) is -2.28. The monoisotopic (exact) mass is 1030 g/mol. The molecule has 0 spiro atoms. The van der Waals surface area contributed by atoms with Crippen LogP contribution in [0.3, 0.4) is 0 Å². The van der Waals surface area contributed by atoms with Gasteiger partial charge >= 0.3 is 11.9 Å². The molecule has 0 saturated heterocycles. The number of carbonyl (C=O) groups is 3. The van der Waals surface area contributed by atoms with Gasteiger partial charge in [0.25, 0.3) is 0 Å². The van der Waals surface area contributed by atoms with Gasteiger partial charge in [0, 0.05) is 12.8 Å². The Bertz CT molecular complexity index is 1530. The summed E-state index contributed by atoms with van der Waals surface area (Å²) in [6.07, 6.45) is 72.0. The van der Waals surface area contributed by atoms with Crippen LogP contribution in [-0.2, 0) is 33.3 Å². The fourth-order valence-corrected chi connectivity index (χ4v) is 8.02. The zero-order chi connectivity index (χ0) is 54.1. The van der Waals surface area contributed by atoms with E-state index in [0.717, 1.165) is 89.9 Å². The minimum Gasteiger partial charge on any atom is -0.545 e. The second-order valence-corrected chi connectivity index (χ2v) is 20.9. The van der Waals surface area contributed by atoms with Crippen LogP contribution < -0.4 is 5.11 Å². The molecule has 9 nitrogen and oxygen atoms in total. The van der Waals surface area contributed by atoms with Gasteiger partial charge in [0.05, 0.1) is 40.3 Å². The Hall–Kier alpha value is -3.79. The first-order valence-corrected chi connectivity index (χ1v) is 29.9. The van der Waals surface area contributed by atoms with Gasteiger partial charge in [-0.2, -0.15) is 0 Å². The van der Waals surface area contributed by atoms with Gasteiger partial charge < -0.3 is 33.3 Å². The first kappa shape index (κ1) is 70.2. The van der Waals surface area contributed by atoms with Crippen molar-refractivity contribution in [1.82, 2.24) is 0 Å². The zero-order valence-corrected chi connectivity index (χ0v) is 48.2. The van der Waals surface area contributed by atoms with E-state index in [4.69, 9.17) is 18.9 Å². The molecule has 0 saturated carbocycles. The van der Waals surface area contributed by atoms with Gasteiger partial charge in [-0.05, 0) is 77.0 Å². The molecule has 0 aliphatic heterocycles. The summed E-state index contributed by atoms with van der Waals surface area (Å²) in [5.41, 5.74) is 0. The molecule has 0 aliphatic carbocycles. The molecule has 424 valence electrons. The van der Waals surface area contributed by atoms with Crippen molar-refractivity contribution >= 4 is 17.9 Å². The van der Waals surface area contributed by atoms with Gasteiger partial charge in [-0.3, -0.25) is 9.59 Å². The first-order valence-electron chi connectivity index (χ1n) is 29.9. The Morgan fingerprint density at radius 2 is 0.770 bits per heavy atom. The lowest BCUT2D eigenvalue weighted by molar-refractivity contribution is -0.870. The molecule has 0 heterocycles. The van der Waals surface area contributed by atoms with Gasteiger partial charge in [0.2, 0.25) is 0 Å². The van der Waals surface area contributed by atoms with Crippen LogP contribution in [0.5, 0.6) is 0 Å². The van der Waals surface area contributed by atoms with Gasteiger partial charge in [-0.15, -0.1) is 0 Å². The predicted molar refractivity (Wildman–Crippen MR) is 311 cm³/mol. The quantitative estimate of drug-likeness (QED) is 0.0195.